The standard InChI is InChI=1S/2C24H24O4.C22H20O5.C22H20O4.C21H18O4/c1-16-4-13-21-23(14-16)28-15-22(17-5-9-19(26-2)10-6-17)24(21,25)18-7-11-20(27-3)12-8-18;1-16-7-12-21-23(13-16)28-15-22(17-8-10-19(26-2)11-9-17)24(21,25)18-5-4-6-20(14-18)27-3;1-26-18-9-4-15(5-10-18)22(25)19-11-8-17(24)12-21(19)27-13-20(22)14-2-6-16(23)7-3-14;1-14-2-6-16(7-3-14)22(25)19-11-10-18(24)12-21(19)26-13-20(22)15-4-8-17(23)9-5-15;22-16-8-6-14(7-9-16)19-13-25-20-12-17(23)10-11-18(20)21(19,24)15-4-2-1-3-5-15/h2*4-14,22,25H,15H2,1-3H3;2-12,20,23-25H,13H2,1H3;2-12,20,23-25H,13H2,1H3;1-12,19,22-24H,13H2. The van der Waals surface area contributed by atoms with E-state index < -0.39 is 33.9 Å². The highest BCUT2D eigenvalue weighted by atomic mass is 16.5. The summed E-state index contributed by atoms with van der Waals surface area (Å²) in [4.78, 5) is 0. The van der Waals surface area contributed by atoms with Gasteiger partial charge in [0.2, 0.25) is 0 Å². The van der Waals surface area contributed by atoms with Gasteiger partial charge in [-0.25, -0.2) is 0 Å². The quantitative estimate of drug-likeness (QED) is 0.0454. The normalized spacial score (nSPS) is 21.3. The third-order valence-electron chi connectivity index (χ3n) is 26.0. The monoisotopic (exact) mass is 1800 g/mol. The Kier molecular flexibility index (Phi) is 26.9. The zero-order valence-electron chi connectivity index (χ0n) is 75.3. The fourth-order valence-corrected chi connectivity index (χ4v) is 18.7. The molecule has 0 fully saturated rings. The second-order valence-electron chi connectivity index (χ2n) is 33.9. The number of aliphatic hydroxyl groups is 5. The first-order valence-electron chi connectivity index (χ1n) is 43.9. The maximum absolute atomic E-state index is 12.2. The van der Waals surface area contributed by atoms with Crippen LogP contribution in [0.25, 0.3) is 0 Å². The largest absolute Gasteiger partial charge is 0.508 e. The van der Waals surface area contributed by atoms with Crippen molar-refractivity contribution in [3.8, 4) is 92.0 Å². The number of rotatable bonds is 15. The summed E-state index contributed by atoms with van der Waals surface area (Å²) in [6.45, 7) is 7.53. The van der Waals surface area contributed by atoms with Gasteiger partial charge in [0.25, 0.3) is 0 Å². The second kappa shape index (κ2) is 39.1. The molecule has 0 spiro atoms. The van der Waals surface area contributed by atoms with Crippen molar-refractivity contribution < 1.29 is 104 Å². The molecule has 134 heavy (non-hydrogen) atoms. The minimum atomic E-state index is -1.37. The maximum Gasteiger partial charge on any atom is 0.129 e. The van der Waals surface area contributed by atoms with Crippen LogP contribution in [-0.4, -0.2) is 125 Å². The Hall–Kier alpha value is -15.1. The molecule has 0 aromatic heterocycles. The van der Waals surface area contributed by atoms with Crippen LogP contribution >= 0.6 is 0 Å². The molecule has 0 bridgehead atoms. The van der Waals surface area contributed by atoms with Gasteiger partial charge in [-0.3, -0.25) is 0 Å². The van der Waals surface area contributed by atoms with Gasteiger partial charge >= 0.3 is 0 Å². The maximum atomic E-state index is 12.2. The van der Waals surface area contributed by atoms with E-state index in [4.69, 9.17) is 47.4 Å². The van der Waals surface area contributed by atoms with E-state index in [1.54, 1.807) is 151 Å². The fraction of sp³-hybridized carbons (Fsp3) is 0.204. The molecular weight excluding hydrogens is 1690 g/mol. The first-order valence-corrected chi connectivity index (χ1v) is 43.9. The van der Waals surface area contributed by atoms with E-state index in [1.807, 2.05) is 221 Å². The first kappa shape index (κ1) is 92.2. The van der Waals surface area contributed by atoms with E-state index in [2.05, 4.69) is 0 Å². The molecule has 10 atom stereocenters. The highest BCUT2D eigenvalue weighted by molar-refractivity contribution is 5.60. The summed E-state index contributed by atoms with van der Waals surface area (Å²) in [5.41, 5.74) is 8.51. The van der Waals surface area contributed by atoms with E-state index >= 15 is 0 Å². The van der Waals surface area contributed by atoms with E-state index in [0.717, 1.165) is 107 Å². The lowest BCUT2D eigenvalue weighted by atomic mass is 9.71. The molecule has 10 unspecified atom stereocenters. The van der Waals surface area contributed by atoms with Crippen molar-refractivity contribution in [1.29, 1.82) is 0 Å². The van der Waals surface area contributed by atoms with E-state index in [-0.39, 0.29) is 78.0 Å². The third-order valence-corrected chi connectivity index (χ3v) is 26.0. The molecule has 21 nitrogen and oxygen atoms in total. The van der Waals surface area contributed by atoms with Crippen molar-refractivity contribution >= 4 is 0 Å². The number of hydrogen-bond acceptors (Lipinski definition) is 21. The molecular formula is C113H106O21. The average molecular weight is 1800 g/mol. The van der Waals surface area contributed by atoms with Gasteiger partial charge in [0.05, 0.1) is 98.2 Å². The minimum absolute atomic E-state index is 0.0777. The van der Waals surface area contributed by atoms with Crippen LogP contribution in [0.5, 0.6) is 92.0 Å². The number of aromatic hydroxyl groups is 6. The smallest absolute Gasteiger partial charge is 0.129 e. The summed E-state index contributed by atoms with van der Waals surface area (Å²) in [6, 6.07) is 102. The molecule has 0 amide bonds. The van der Waals surface area contributed by atoms with Gasteiger partial charge in [0, 0.05) is 46.0 Å². The van der Waals surface area contributed by atoms with Crippen LogP contribution in [0.15, 0.2) is 340 Å². The van der Waals surface area contributed by atoms with Crippen molar-refractivity contribution in [2.45, 2.75) is 78.4 Å². The molecule has 15 aromatic carbocycles. The van der Waals surface area contributed by atoms with Crippen molar-refractivity contribution in [2.24, 2.45) is 0 Å². The molecule has 0 saturated heterocycles. The highest BCUT2D eigenvalue weighted by Gasteiger charge is 2.52. The molecule has 0 saturated carbocycles. The average Bonchev–Trinajstić information content (AvgIpc) is 0.748. The van der Waals surface area contributed by atoms with E-state index in [9.17, 15) is 56.2 Å². The Labute approximate surface area is 777 Å². The summed E-state index contributed by atoms with van der Waals surface area (Å²) in [5, 5.41) is 118. The molecule has 21 heteroatoms. The molecule has 5 aliphatic rings. The molecule has 15 aromatic rings. The van der Waals surface area contributed by atoms with Crippen molar-refractivity contribution in [3.63, 3.8) is 0 Å². The van der Waals surface area contributed by atoms with Crippen LogP contribution in [0.4, 0.5) is 0 Å². The molecule has 0 aliphatic carbocycles. The predicted octanol–water partition coefficient (Wildman–Crippen LogP) is 19.7. The second-order valence-corrected chi connectivity index (χ2v) is 33.9. The number of fused-ring (bicyclic) bond motifs is 5. The number of phenolic OH excluding ortho intramolecular Hbond substituents is 6. The number of ether oxygens (including phenoxy) is 10. The Morgan fingerprint density at radius 3 is 0.724 bits per heavy atom. The summed E-state index contributed by atoms with van der Waals surface area (Å²) in [5.74, 6) is 5.69. The van der Waals surface area contributed by atoms with Gasteiger partial charge in [-0.05, 0) is 233 Å². The lowest BCUT2D eigenvalue weighted by molar-refractivity contribution is 0.0101. The number of methoxy groups -OCH3 is 5. The van der Waals surface area contributed by atoms with Gasteiger partial charge in [-0.2, -0.15) is 0 Å². The molecule has 5 aliphatic heterocycles. The van der Waals surface area contributed by atoms with Gasteiger partial charge in [0.1, 0.15) is 120 Å². The number of hydrogen-bond donors (Lipinski definition) is 11. The number of benzene rings is 15. The Morgan fingerprint density at radius 1 is 0.209 bits per heavy atom. The topological polar surface area (TPSA) is 315 Å². The zero-order valence-corrected chi connectivity index (χ0v) is 75.3. The van der Waals surface area contributed by atoms with Gasteiger partial charge < -0.3 is 104 Å². The van der Waals surface area contributed by atoms with E-state index in [0.29, 0.717) is 64.2 Å². The van der Waals surface area contributed by atoms with Gasteiger partial charge in [-0.1, -0.05) is 181 Å². The molecule has 5 heterocycles. The summed E-state index contributed by atoms with van der Waals surface area (Å²) >= 11 is 0. The van der Waals surface area contributed by atoms with E-state index in [1.165, 1.54) is 24.3 Å². The van der Waals surface area contributed by atoms with Crippen LogP contribution in [0.3, 0.4) is 0 Å². The van der Waals surface area contributed by atoms with Crippen molar-refractivity contribution in [1.82, 2.24) is 0 Å². The van der Waals surface area contributed by atoms with Gasteiger partial charge in [0.15, 0.2) is 0 Å². The lowest BCUT2D eigenvalue weighted by Gasteiger charge is -2.42. The van der Waals surface area contributed by atoms with Crippen molar-refractivity contribution in [3.05, 3.63) is 440 Å². The van der Waals surface area contributed by atoms with Crippen molar-refractivity contribution in [2.75, 3.05) is 68.6 Å². The Morgan fingerprint density at radius 2 is 0.433 bits per heavy atom. The minimum Gasteiger partial charge on any atom is -0.508 e. The summed E-state index contributed by atoms with van der Waals surface area (Å²) in [6.07, 6.45) is 0. The summed E-state index contributed by atoms with van der Waals surface area (Å²) in [7, 11) is 8.15. The molecule has 0 radical (unpaired) electrons. The van der Waals surface area contributed by atoms with Crippen LogP contribution in [0, 0.1) is 20.8 Å². The fourth-order valence-electron chi connectivity index (χ4n) is 18.7. The zero-order chi connectivity index (χ0) is 94.2. The lowest BCUT2D eigenvalue weighted by Crippen LogP contribution is -2.41. The summed E-state index contributed by atoms with van der Waals surface area (Å²) < 4.78 is 56.2. The number of aryl methyl sites for hydroxylation is 3. The highest BCUT2D eigenvalue weighted by Crippen LogP contribution is 2.57. The molecule has 11 N–H and O–H groups in total. The van der Waals surface area contributed by atoms with Crippen LogP contribution in [0.2, 0.25) is 0 Å². The van der Waals surface area contributed by atoms with Crippen LogP contribution in [0.1, 0.15) is 130 Å². The van der Waals surface area contributed by atoms with Crippen LogP contribution in [-0.2, 0) is 28.0 Å². The third kappa shape index (κ3) is 18.3. The molecule has 684 valence electrons. The Bertz CT molecular complexity index is 6560. The van der Waals surface area contributed by atoms with Crippen LogP contribution < -0.4 is 47.4 Å². The predicted molar refractivity (Wildman–Crippen MR) is 510 cm³/mol. The van der Waals surface area contributed by atoms with Gasteiger partial charge in [-0.15, -0.1) is 0 Å². The molecule has 20 rings (SSSR count). The number of phenols is 6. The Balaban J connectivity index is 0.000000122. The first-order chi connectivity index (χ1) is 64.7. The SMILES string of the molecule is COc1ccc(C2(O)c3ccc(O)cc3OCC2c2ccc(O)cc2)cc1.COc1ccc(C2COc3cc(C)ccc3C2(O)c2ccc(OC)cc2)cc1.COc1ccc(C2COc3cc(C)ccc3C2(O)c2cccc(OC)c2)cc1.Cc1ccc(C2(O)c3ccc(O)cc3OCC2c2ccc(O)cc2)cc1.Oc1ccc(C2COc3cc(O)ccc3C2(O)c2ccccc2)cc1.